The van der Waals surface area contributed by atoms with E-state index >= 15 is 0 Å². The van der Waals surface area contributed by atoms with E-state index in [0.717, 1.165) is 17.0 Å². The van der Waals surface area contributed by atoms with Gasteiger partial charge in [0.1, 0.15) is 0 Å². The molecule has 2 unspecified atom stereocenters. The van der Waals surface area contributed by atoms with E-state index in [4.69, 9.17) is 5.10 Å². The zero-order valence-corrected chi connectivity index (χ0v) is 23.3. The van der Waals surface area contributed by atoms with Gasteiger partial charge >= 0.3 is 6.03 Å². The van der Waals surface area contributed by atoms with E-state index in [-0.39, 0.29) is 29.3 Å². The molecule has 4 rings (SSSR count). The third-order valence-electron chi connectivity index (χ3n) is 6.91. The fraction of sp³-hybridized carbons (Fsp3) is 0.467. The summed E-state index contributed by atoms with van der Waals surface area (Å²) >= 11 is 1.83. The molecule has 3 aromatic rings. The number of rotatable bonds is 7. The summed E-state index contributed by atoms with van der Waals surface area (Å²) in [5.74, 6) is 1.47. The number of carbonyl (C=O) groups is 1. The van der Waals surface area contributed by atoms with E-state index in [9.17, 15) is 4.79 Å². The van der Waals surface area contributed by atoms with E-state index in [0.29, 0.717) is 19.6 Å². The Morgan fingerprint density at radius 1 is 1.06 bits per heavy atom. The molecule has 0 bridgehead atoms. The first kappa shape index (κ1) is 26.3. The molecule has 0 radical (unpaired) electrons. The molecule has 6 heteroatoms. The molecular formula is C30H40N4OS. The van der Waals surface area contributed by atoms with Gasteiger partial charge in [0, 0.05) is 53.5 Å². The number of nitrogens with zero attached hydrogens (tertiary/aromatic N) is 3. The zero-order chi connectivity index (χ0) is 25.9. The molecule has 1 fully saturated rings. The predicted molar refractivity (Wildman–Crippen MR) is 150 cm³/mol. The average Bonchev–Trinajstić information content (AvgIpc) is 3.49. The number of hydrogen-bond donors (Lipinski definition) is 1. The summed E-state index contributed by atoms with van der Waals surface area (Å²) in [6.07, 6.45) is 0. The van der Waals surface area contributed by atoms with Crippen molar-refractivity contribution in [2.45, 2.75) is 76.3 Å². The Balaban J connectivity index is 1.56. The molecule has 1 saturated heterocycles. The van der Waals surface area contributed by atoms with Gasteiger partial charge in [-0.3, -0.25) is 4.68 Å². The molecule has 2 aromatic carbocycles. The van der Waals surface area contributed by atoms with Gasteiger partial charge in [0.2, 0.25) is 0 Å². The Morgan fingerprint density at radius 2 is 1.72 bits per heavy atom. The van der Waals surface area contributed by atoms with E-state index in [1.807, 2.05) is 16.7 Å². The Kier molecular flexibility index (Phi) is 8.13. The normalized spacial score (nSPS) is 18.1. The lowest BCUT2D eigenvalue weighted by molar-refractivity contribution is 0.207. The Bertz CT molecular complexity index is 1150. The summed E-state index contributed by atoms with van der Waals surface area (Å²) in [5, 5.41) is 8.18. The van der Waals surface area contributed by atoms with E-state index in [2.05, 4.69) is 112 Å². The number of thioether (sulfide) groups is 1. The number of benzene rings is 2. The maximum atomic E-state index is 13.3. The number of urea groups is 1. The molecule has 2 atom stereocenters. The van der Waals surface area contributed by atoms with Crippen LogP contribution in [-0.4, -0.2) is 39.6 Å². The van der Waals surface area contributed by atoms with Crippen LogP contribution in [0.3, 0.4) is 0 Å². The Labute approximate surface area is 220 Å². The summed E-state index contributed by atoms with van der Waals surface area (Å²) in [5.41, 5.74) is 4.69. The zero-order valence-electron chi connectivity index (χ0n) is 22.5. The van der Waals surface area contributed by atoms with Crippen LogP contribution >= 0.6 is 11.8 Å². The molecule has 1 aliphatic rings. The highest BCUT2D eigenvalue weighted by Gasteiger charge is 2.39. The number of carbonyl (C=O) groups excluding carboxylic acids is 1. The molecule has 0 saturated carbocycles. The molecule has 0 spiro atoms. The van der Waals surface area contributed by atoms with Crippen molar-refractivity contribution in [3.05, 3.63) is 83.2 Å². The molecule has 2 heterocycles. The fourth-order valence-electron chi connectivity index (χ4n) is 4.93. The molecule has 0 aliphatic carbocycles. The van der Waals surface area contributed by atoms with Gasteiger partial charge in [-0.25, -0.2) is 4.79 Å². The van der Waals surface area contributed by atoms with Crippen LogP contribution in [0.25, 0.3) is 0 Å². The summed E-state index contributed by atoms with van der Waals surface area (Å²) in [4.78, 5) is 16.6. The topological polar surface area (TPSA) is 50.2 Å². The van der Waals surface area contributed by atoms with E-state index in [1.54, 1.807) is 0 Å². The van der Waals surface area contributed by atoms with Gasteiger partial charge in [0.15, 0.2) is 0 Å². The third-order valence-corrected chi connectivity index (χ3v) is 7.81. The smallest absolute Gasteiger partial charge is 0.317 e. The van der Waals surface area contributed by atoms with Gasteiger partial charge in [-0.1, -0.05) is 70.2 Å². The van der Waals surface area contributed by atoms with Crippen molar-refractivity contribution in [1.82, 2.24) is 20.0 Å². The lowest BCUT2D eigenvalue weighted by Crippen LogP contribution is -2.38. The van der Waals surface area contributed by atoms with Gasteiger partial charge in [-0.05, 0) is 48.9 Å². The predicted octanol–water partition coefficient (Wildman–Crippen LogP) is 6.97. The molecule has 1 aliphatic heterocycles. The highest BCUT2D eigenvalue weighted by molar-refractivity contribution is 7.99. The summed E-state index contributed by atoms with van der Waals surface area (Å²) < 4.78 is 2.18. The minimum Gasteiger partial charge on any atom is -0.334 e. The average molecular weight is 505 g/mol. The molecule has 36 heavy (non-hydrogen) atoms. The van der Waals surface area contributed by atoms with Crippen LogP contribution < -0.4 is 5.32 Å². The van der Waals surface area contributed by atoms with Crippen molar-refractivity contribution in [2.24, 2.45) is 0 Å². The fourth-order valence-corrected chi connectivity index (χ4v) is 5.59. The Morgan fingerprint density at radius 3 is 2.33 bits per heavy atom. The van der Waals surface area contributed by atoms with Crippen LogP contribution in [-0.2, 0) is 12.0 Å². The van der Waals surface area contributed by atoms with Gasteiger partial charge in [-0.15, -0.1) is 11.8 Å². The first-order valence-corrected chi connectivity index (χ1v) is 14.0. The first-order valence-electron chi connectivity index (χ1n) is 13.1. The van der Waals surface area contributed by atoms with Crippen LogP contribution in [0, 0.1) is 0 Å². The number of aromatic nitrogens is 2. The van der Waals surface area contributed by atoms with Crippen molar-refractivity contribution >= 4 is 17.8 Å². The lowest BCUT2D eigenvalue weighted by Gasteiger charge is -2.21. The van der Waals surface area contributed by atoms with Crippen LogP contribution in [0.4, 0.5) is 4.79 Å². The lowest BCUT2D eigenvalue weighted by atomic mass is 9.85. The van der Waals surface area contributed by atoms with Crippen molar-refractivity contribution < 1.29 is 4.79 Å². The Hall–Kier alpha value is -2.73. The number of hydrogen-bond acceptors (Lipinski definition) is 3. The largest absolute Gasteiger partial charge is 0.334 e. The summed E-state index contributed by atoms with van der Waals surface area (Å²) in [6.45, 7) is 15.1. The number of amides is 2. The minimum atomic E-state index is -0.0298. The van der Waals surface area contributed by atoms with Gasteiger partial charge in [0.25, 0.3) is 0 Å². The standard InChI is InChI=1S/C30H40N4OS/c1-7-36-24-15-13-22(14-16-24)18-31-29(35)33-19-25(23-11-9-8-10-12-23)26(20-33)27-17-28(30(4,5)6)32-34(27)21(2)3/h8-17,21,25-26H,7,18-20H2,1-6H3,(H,31,35). The number of likely N-dealkylation sites (tertiary alicyclic amines) is 1. The maximum absolute atomic E-state index is 13.3. The van der Waals surface area contributed by atoms with Gasteiger partial charge in [0.05, 0.1) is 5.69 Å². The van der Waals surface area contributed by atoms with Gasteiger partial charge in [-0.2, -0.15) is 5.10 Å². The van der Waals surface area contributed by atoms with Gasteiger partial charge < -0.3 is 10.2 Å². The SMILES string of the molecule is CCSc1ccc(CNC(=O)N2CC(c3ccccc3)C(c3cc(C(C)(C)C)nn3C(C)C)C2)cc1. The van der Waals surface area contributed by atoms with Crippen molar-refractivity contribution in [1.29, 1.82) is 0 Å². The van der Waals surface area contributed by atoms with Crippen molar-refractivity contribution in [3.8, 4) is 0 Å². The monoisotopic (exact) mass is 504 g/mol. The van der Waals surface area contributed by atoms with Crippen LogP contribution in [0.1, 0.15) is 81.9 Å². The second kappa shape index (κ2) is 11.1. The van der Waals surface area contributed by atoms with Crippen LogP contribution in [0.15, 0.2) is 65.6 Å². The third kappa shape index (κ3) is 5.97. The molecule has 1 N–H and O–H groups in total. The van der Waals surface area contributed by atoms with Crippen molar-refractivity contribution in [3.63, 3.8) is 0 Å². The second-order valence-corrected chi connectivity index (χ2v) is 12.3. The van der Waals surface area contributed by atoms with E-state index in [1.165, 1.54) is 16.2 Å². The van der Waals surface area contributed by atoms with Crippen LogP contribution in [0.5, 0.6) is 0 Å². The second-order valence-electron chi connectivity index (χ2n) is 11.0. The highest BCUT2D eigenvalue weighted by Crippen LogP contribution is 2.41. The maximum Gasteiger partial charge on any atom is 0.317 e. The molecular weight excluding hydrogens is 464 g/mol. The molecule has 192 valence electrons. The number of nitrogens with one attached hydrogen (secondary N) is 1. The van der Waals surface area contributed by atoms with Crippen LogP contribution in [0.2, 0.25) is 0 Å². The quantitative estimate of drug-likeness (QED) is 0.354. The minimum absolute atomic E-state index is 0.00269. The first-order chi connectivity index (χ1) is 17.2. The highest BCUT2D eigenvalue weighted by atomic mass is 32.2. The molecule has 2 amide bonds. The van der Waals surface area contributed by atoms with Crippen molar-refractivity contribution in [2.75, 3.05) is 18.8 Å². The summed E-state index contributed by atoms with van der Waals surface area (Å²) in [7, 11) is 0. The van der Waals surface area contributed by atoms with E-state index < -0.39 is 0 Å². The summed E-state index contributed by atoms with van der Waals surface area (Å²) in [6, 6.07) is 21.6. The molecule has 1 aromatic heterocycles. The molecule has 5 nitrogen and oxygen atoms in total.